The Labute approximate surface area is 116 Å². The van der Waals surface area contributed by atoms with E-state index in [1.807, 2.05) is 0 Å². The minimum atomic E-state index is -3.71. The highest BCUT2D eigenvalue weighted by Crippen LogP contribution is 2.28. The van der Waals surface area contributed by atoms with Gasteiger partial charge in [0.2, 0.25) is 5.91 Å². The number of nitrogens with zero attached hydrogens (tertiary/aromatic N) is 2. The standard InChI is InChI=1S/C10H15ClN4O3S/c1-15-10(8(11)6-13-15)19(17,18)14-5-4-12-9(16)7-2-3-7/h6-7,14H,2-5H2,1H3,(H,12,16). The largest absolute Gasteiger partial charge is 0.355 e. The van der Waals surface area contributed by atoms with Crippen molar-refractivity contribution in [1.82, 2.24) is 19.8 Å². The van der Waals surface area contributed by atoms with Crippen LogP contribution in [0.4, 0.5) is 0 Å². The van der Waals surface area contributed by atoms with Crippen LogP contribution < -0.4 is 10.0 Å². The second kappa shape index (κ2) is 5.48. The van der Waals surface area contributed by atoms with Gasteiger partial charge in [0.05, 0.1) is 11.2 Å². The van der Waals surface area contributed by atoms with Gasteiger partial charge in [-0.2, -0.15) is 5.10 Å². The third kappa shape index (κ3) is 3.46. The van der Waals surface area contributed by atoms with E-state index >= 15 is 0 Å². The topological polar surface area (TPSA) is 93.1 Å². The first kappa shape index (κ1) is 14.3. The molecule has 1 heterocycles. The van der Waals surface area contributed by atoms with E-state index in [9.17, 15) is 13.2 Å². The van der Waals surface area contributed by atoms with Gasteiger partial charge in [0.1, 0.15) is 0 Å². The first-order valence-corrected chi connectivity index (χ1v) is 7.73. The summed E-state index contributed by atoms with van der Waals surface area (Å²) >= 11 is 5.77. The lowest BCUT2D eigenvalue weighted by atomic mass is 10.4. The van der Waals surface area contributed by atoms with E-state index in [1.54, 1.807) is 0 Å². The molecular formula is C10H15ClN4O3S. The molecule has 2 N–H and O–H groups in total. The zero-order valence-electron chi connectivity index (χ0n) is 10.4. The molecule has 1 aliphatic rings. The fourth-order valence-corrected chi connectivity index (χ4v) is 3.31. The SMILES string of the molecule is Cn1ncc(Cl)c1S(=O)(=O)NCCNC(=O)C1CC1. The van der Waals surface area contributed by atoms with Crippen molar-refractivity contribution >= 4 is 27.5 Å². The summed E-state index contributed by atoms with van der Waals surface area (Å²) in [5, 5.41) is 6.42. The third-order valence-corrected chi connectivity index (χ3v) is 4.73. The number of aromatic nitrogens is 2. The fourth-order valence-electron chi connectivity index (χ4n) is 1.63. The van der Waals surface area contributed by atoms with Crippen molar-refractivity contribution in [2.45, 2.75) is 17.9 Å². The summed E-state index contributed by atoms with van der Waals surface area (Å²) < 4.78 is 27.5. The molecule has 1 saturated carbocycles. The molecule has 0 atom stereocenters. The van der Waals surface area contributed by atoms with E-state index in [4.69, 9.17) is 11.6 Å². The molecule has 19 heavy (non-hydrogen) atoms. The molecule has 1 aromatic heterocycles. The number of aryl methyl sites for hydroxylation is 1. The molecule has 7 nitrogen and oxygen atoms in total. The van der Waals surface area contributed by atoms with Gasteiger partial charge in [-0.05, 0) is 12.8 Å². The second-order valence-electron chi connectivity index (χ2n) is 4.38. The summed E-state index contributed by atoms with van der Waals surface area (Å²) in [6.45, 7) is 0.367. The van der Waals surface area contributed by atoms with Gasteiger partial charge in [-0.15, -0.1) is 0 Å². The Hall–Kier alpha value is -1.12. The highest BCUT2D eigenvalue weighted by Gasteiger charge is 2.29. The van der Waals surface area contributed by atoms with Crippen molar-refractivity contribution in [3.05, 3.63) is 11.2 Å². The first-order chi connectivity index (χ1) is 8.92. The monoisotopic (exact) mass is 306 g/mol. The molecular weight excluding hydrogens is 292 g/mol. The first-order valence-electron chi connectivity index (χ1n) is 5.86. The summed E-state index contributed by atoms with van der Waals surface area (Å²) in [5.41, 5.74) is 0. The van der Waals surface area contributed by atoms with Gasteiger partial charge in [0, 0.05) is 26.1 Å². The molecule has 1 aromatic rings. The van der Waals surface area contributed by atoms with E-state index in [0.29, 0.717) is 0 Å². The summed E-state index contributed by atoms with van der Waals surface area (Å²) in [7, 11) is -2.22. The van der Waals surface area contributed by atoms with E-state index in [1.165, 1.54) is 17.9 Å². The number of rotatable bonds is 6. The zero-order valence-corrected chi connectivity index (χ0v) is 12.0. The van der Waals surface area contributed by atoms with Crippen LogP contribution in [0.3, 0.4) is 0 Å². The summed E-state index contributed by atoms with van der Waals surface area (Å²) in [6.07, 6.45) is 3.11. The van der Waals surface area contributed by atoms with Gasteiger partial charge in [-0.3, -0.25) is 9.48 Å². The van der Waals surface area contributed by atoms with Crippen molar-refractivity contribution in [1.29, 1.82) is 0 Å². The fraction of sp³-hybridized carbons (Fsp3) is 0.600. The quantitative estimate of drug-likeness (QED) is 0.717. The van der Waals surface area contributed by atoms with Crippen LogP contribution in [0, 0.1) is 5.92 Å². The predicted molar refractivity (Wildman–Crippen MR) is 69.1 cm³/mol. The number of sulfonamides is 1. The van der Waals surface area contributed by atoms with E-state index < -0.39 is 10.0 Å². The molecule has 0 bridgehead atoms. The van der Waals surface area contributed by atoms with Gasteiger partial charge in [0.25, 0.3) is 10.0 Å². The smallest absolute Gasteiger partial charge is 0.259 e. The molecule has 106 valence electrons. The van der Waals surface area contributed by atoms with E-state index in [2.05, 4.69) is 15.1 Å². The zero-order chi connectivity index (χ0) is 14.0. The van der Waals surface area contributed by atoms with Gasteiger partial charge in [-0.25, -0.2) is 13.1 Å². The number of nitrogens with one attached hydrogen (secondary N) is 2. The lowest BCUT2D eigenvalue weighted by Crippen LogP contribution is -2.36. The number of amides is 1. The Morgan fingerprint density at radius 1 is 1.53 bits per heavy atom. The Bertz CT molecular complexity index is 560. The molecule has 0 saturated heterocycles. The number of halogens is 1. The van der Waals surface area contributed by atoms with Crippen molar-refractivity contribution in [2.24, 2.45) is 13.0 Å². The van der Waals surface area contributed by atoms with Crippen LogP contribution in [-0.2, 0) is 21.9 Å². The van der Waals surface area contributed by atoms with Crippen LogP contribution in [0.2, 0.25) is 5.02 Å². The second-order valence-corrected chi connectivity index (χ2v) is 6.47. The molecule has 0 aliphatic heterocycles. The number of carbonyl (C=O) groups excluding carboxylic acids is 1. The molecule has 0 unspecified atom stereocenters. The molecule has 1 fully saturated rings. The van der Waals surface area contributed by atoms with Crippen LogP contribution >= 0.6 is 11.6 Å². The highest BCUT2D eigenvalue weighted by molar-refractivity contribution is 7.89. The maximum atomic E-state index is 12.0. The maximum Gasteiger partial charge on any atom is 0.259 e. The highest BCUT2D eigenvalue weighted by atomic mass is 35.5. The van der Waals surface area contributed by atoms with Crippen molar-refractivity contribution in [3.8, 4) is 0 Å². The van der Waals surface area contributed by atoms with E-state index in [0.717, 1.165) is 12.8 Å². The van der Waals surface area contributed by atoms with Gasteiger partial charge in [0.15, 0.2) is 5.03 Å². The Morgan fingerprint density at radius 2 is 2.21 bits per heavy atom. The molecule has 2 rings (SSSR count). The normalized spacial score (nSPS) is 15.5. The minimum Gasteiger partial charge on any atom is -0.355 e. The van der Waals surface area contributed by atoms with Gasteiger partial charge < -0.3 is 5.32 Å². The molecule has 0 spiro atoms. The maximum absolute atomic E-state index is 12.0. The molecule has 1 aliphatic carbocycles. The molecule has 9 heteroatoms. The van der Waals surface area contributed by atoms with Crippen LogP contribution in [0.5, 0.6) is 0 Å². The van der Waals surface area contributed by atoms with Crippen molar-refractivity contribution in [3.63, 3.8) is 0 Å². The lowest BCUT2D eigenvalue weighted by molar-refractivity contribution is -0.122. The number of hydrogen-bond acceptors (Lipinski definition) is 4. The number of carbonyl (C=O) groups is 1. The molecule has 0 radical (unpaired) electrons. The third-order valence-electron chi connectivity index (χ3n) is 2.76. The van der Waals surface area contributed by atoms with Gasteiger partial charge in [-0.1, -0.05) is 11.6 Å². The average Bonchev–Trinajstić information content (AvgIpc) is 3.11. The summed E-state index contributed by atoms with van der Waals surface area (Å²) in [4.78, 5) is 11.3. The van der Waals surface area contributed by atoms with E-state index in [-0.39, 0.29) is 35.0 Å². The van der Waals surface area contributed by atoms with Crippen LogP contribution in [-0.4, -0.2) is 37.2 Å². The average molecular weight is 307 g/mol. The lowest BCUT2D eigenvalue weighted by Gasteiger charge is -2.08. The molecule has 0 aromatic carbocycles. The van der Waals surface area contributed by atoms with Crippen molar-refractivity contribution < 1.29 is 13.2 Å². The van der Waals surface area contributed by atoms with Crippen molar-refractivity contribution in [2.75, 3.05) is 13.1 Å². The Morgan fingerprint density at radius 3 is 2.74 bits per heavy atom. The summed E-state index contributed by atoms with van der Waals surface area (Å²) in [6, 6.07) is 0. The minimum absolute atomic E-state index is 0.0160. The van der Waals surface area contributed by atoms with Crippen LogP contribution in [0.1, 0.15) is 12.8 Å². The van der Waals surface area contributed by atoms with Crippen LogP contribution in [0.25, 0.3) is 0 Å². The Kier molecular flexibility index (Phi) is 4.12. The van der Waals surface area contributed by atoms with Gasteiger partial charge >= 0.3 is 0 Å². The van der Waals surface area contributed by atoms with Crippen LogP contribution in [0.15, 0.2) is 11.2 Å². The summed E-state index contributed by atoms with van der Waals surface area (Å²) in [5.74, 6) is 0.0980. The predicted octanol–water partition coefficient (Wildman–Crippen LogP) is -0.122. The number of hydrogen-bond donors (Lipinski definition) is 2. The molecule has 1 amide bonds. The Balaban J connectivity index is 1.86.